The zero-order valence-electron chi connectivity index (χ0n) is 18.7. The van der Waals surface area contributed by atoms with Crippen LogP contribution in [-0.4, -0.2) is 47.0 Å². The van der Waals surface area contributed by atoms with Crippen molar-refractivity contribution < 1.29 is 19.1 Å². The molecular weight excluding hydrogens is 424 g/mol. The van der Waals surface area contributed by atoms with E-state index >= 15 is 0 Å². The molecule has 2 N–H and O–H groups in total. The number of hydrogen-bond donors (Lipinski definition) is 1. The second-order valence-electron chi connectivity index (χ2n) is 8.69. The third kappa shape index (κ3) is 3.11. The summed E-state index contributed by atoms with van der Waals surface area (Å²) < 4.78 is 12.7. The Morgan fingerprint density at radius 3 is 2.82 bits per heavy atom. The van der Waals surface area contributed by atoms with Crippen molar-refractivity contribution in [2.45, 2.75) is 32.1 Å². The number of ether oxygens (including phenoxy) is 2. The average molecular weight is 448 g/mol. The maximum atomic E-state index is 13.5. The van der Waals surface area contributed by atoms with Gasteiger partial charge in [-0.2, -0.15) is 0 Å². The van der Waals surface area contributed by atoms with Gasteiger partial charge in [0.05, 0.1) is 35.6 Å². The summed E-state index contributed by atoms with van der Waals surface area (Å²) in [6.45, 7) is 1.89. The number of nitrogen functional groups attached to an aromatic ring is 1. The van der Waals surface area contributed by atoms with E-state index < -0.39 is 17.5 Å². The molecule has 0 radical (unpaired) electrons. The van der Waals surface area contributed by atoms with Gasteiger partial charge in [0, 0.05) is 22.2 Å². The normalized spacial score (nSPS) is 18.6. The minimum absolute atomic E-state index is 0.00785. The number of carbonyl (C=O) groups excluding carboxylic acids is 2. The standard InChI is InChI=1S/C24H24N4O5/c1-4-24(33-20(29)11-27(2)3)16-9-19-21-13(8-14-17(25)6-5-7-18(14)26-21)10-28(19)22(30)15(16)12-32-23(24)31/h5-9H,4,10-12,25H2,1-3H3/t24-/m0/s1. The number of benzene rings is 1. The Hall–Kier alpha value is -3.72. The van der Waals surface area contributed by atoms with E-state index in [0.29, 0.717) is 40.3 Å². The summed E-state index contributed by atoms with van der Waals surface area (Å²) >= 11 is 0. The first kappa shape index (κ1) is 21.1. The number of esters is 2. The Morgan fingerprint density at radius 1 is 1.30 bits per heavy atom. The van der Waals surface area contributed by atoms with E-state index in [0.717, 1.165) is 10.9 Å². The third-order valence-electron chi connectivity index (χ3n) is 6.29. The Balaban J connectivity index is 1.71. The molecule has 5 rings (SSSR count). The molecule has 1 aromatic carbocycles. The van der Waals surface area contributed by atoms with Crippen LogP contribution in [0.5, 0.6) is 0 Å². The summed E-state index contributed by atoms with van der Waals surface area (Å²) in [4.78, 5) is 45.4. The largest absolute Gasteiger partial charge is 0.457 e. The molecule has 2 aliphatic heterocycles. The molecule has 0 bridgehead atoms. The Labute approximate surface area is 189 Å². The Morgan fingerprint density at radius 2 is 2.09 bits per heavy atom. The molecule has 0 spiro atoms. The van der Waals surface area contributed by atoms with E-state index in [4.69, 9.17) is 20.2 Å². The monoisotopic (exact) mass is 448 g/mol. The number of rotatable bonds is 4. The van der Waals surface area contributed by atoms with Crippen molar-refractivity contribution in [1.29, 1.82) is 0 Å². The van der Waals surface area contributed by atoms with Gasteiger partial charge in [-0.05, 0) is 44.8 Å². The van der Waals surface area contributed by atoms with Gasteiger partial charge < -0.3 is 19.8 Å². The fourth-order valence-corrected chi connectivity index (χ4v) is 4.67. The molecule has 0 saturated carbocycles. The highest BCUT2D eigenvalue weighted by Crippen LogP contribution is 2.41. The predicted octanol–water partition coefficient (Wildman–Crippen LogP) is 1.77. The lowest BCUT2D eigenvalue weighted by Gasteiger charge is -2.35. The van der Waals surface area contributed by atoms with E-state index in [2.05, 4.69) is 0 Å². The molecule has 2 aliphatic rings. The zero-order chi connectivity index (χ0) is 23.5. The van der Waals surface area contributed by atoms with Crippen molar-refractivity contribution >= 4 is 28.5 Å². The number of pyridine rings is 2. The van der Waals surface area contributed by atoms with Gasteiger partial charge in [-0.3, -0.25) is 14.5 Å². The smallest absolute Gasteiger partial charge is 0.355 e. The topological polar surface area (TPSA) is 117 Å². The highest BCUT2D eigenvalue weighted by Gasteiger charge is 2.50. The fraction of sp³-hybridized carbons (Fsp3) is 0.333. The molecule has 4 heterocycles. The van der Waals surface area contributed by atoms with E-state index in [1.807, 2.05) is 24.3 Å². The molecule has 170 valence electrons. The van der Waals surface area contributed by atoms with E-state index in [9.17, 15) is 14.4 Å². The van der Waals surface area contributed by atoms with Crippen molar-refractivity contribution in [1.82, 2.24) is 14.5 Å². The number of fused-ring (bicyclic) bond motifs is 5. The summed E-state index contributed by atoms with van der Waals surface area (Å²) in [7, 11) is 3.46. The Bertz CT molecular complexity index is 1390. The first-order valence-electron chi connectivity index (χ1n) is 10.7. The van der Waals surface area contributed by atoms with Gasteiger partial charge >= 0.3 is 11.9 Å². The summed E-state index contributed by atoms with van der Waals surface area (Å²) in [6, 6.07) is 9.20. The number of likely N-dealkylation sites (N-methyl/N-ethyl adjacent to an activating group) is 1. The first-order chi connectivity index (χ1) is 15.7. The average Bonchev–Trinajstić information content (AvgIpc) is 3.12. The van der Waals surface area contributed by atoms with Gasteiger partial charge in [-0.15, -0.1) is 0 Å². The molecule has 2 aromatic heterocycles. The lowest BCUT2D eigenvalue weighted by molar-refractivity contribution is -0.189. The lowest BCUT2D eigenvalue weighted by atomic mass is 9.85. The predicted molar refractivity (Wildman–Crippen MR) is 121 cm³/mol. The number of nitrogens with two attached hydrogens (primary N) is 1. The minimum atomic E-state index is -1.68. The highest BCUT2D eigenvalue weighted by atomic mass is 16.6. The molecule has 0 fully saturated rings. The first-order valence-corrected chi connectivity index (χ1v) is 10.7. The van der Waals surface area contributed by atoms with Crippen LogP contribution in [0.25, 0.3) is 22.3 Å². The van der Waals surface area contributed by atoms with Gasteiger partial charge in [0.2, 0.25) is 5.60 Å². The molecule has 3 aromatic rings. The molecule has 0 amide bonds. The highest BCUT2D eigenvalue weighted by molar-refractivity contribution is 5.93. The molecular formula is C24H24N4O5. The van der Waals surface area contributed by atoms with Gasteiger partial charge in [0.1, 0.15) is 6.61 Å². The van der Waals surface area contributed by atoms with Crippen molar-refractivity contribution in [2.75, 3.05) is 26.4 Å². The molecule has 0 unspecified atom stereocenters. The van der Waals surface area contributed by atoms with E-state index in [1.54, 1.807) is 36.6 Å². The van der Waals surface area contributed by atoms with Crippen LogP contribution in [0.2, 0.25) is 0 Å². The maximum absolute atomic E-state index is 13.5. The number of hydrogen-bond acceptors (Lipinski definition) is 8. The van der Waals surface area contributed by atoms with Crippen LogP contribution in [0, 0.1) is 0 Å². The van der Waals surface area contributed by atoms with Crippen molar-refractivity contribution in [3.63, 3.8) is 0 Å². The molecule has 0 saturated heterocycles. The fourth-order valence-electron chi connectivity index (χ4n) is 4.67. The summed E-state index contributed by atoms with van der Waals surface area (Å²) in [6.07, 6.45) is 0.134. The molecule has 9 heteroatoms. The Kier molecular flexibility index (Phi) is 4.75. The number of carbonyl (C=O) groups is 2. The van der Waals surface area contributed by atoms with Gasteiger partial charge in [0.15, 0.2) is 0 Å². The third-order valence-corrected chi connectivity index (χ3v) is 6.29. The lowest BCUT2D eigenvalue weighted by Crippen LogP contribution is -2.48. The van der Waals surface area contributed by atoms with E-state index in [-0.39, 0.29) is 25.1 Å². The number of nitrogens with zero attached hydrogens (tertiary/aromatic N) is 3. The molecule has 0 aliphatic carbocycles. The minimum Gasteiger partial charge on any atom is -0.457 e. The zero-order valence-corrected chi connectivity index (χ0v) is 18.7. The molecule has 9 nitrogen and oxygen atoms in total. The number of aromatic nitrogens is 2. The second kappa shape index (κ2) is 7.41. The second-order valence-corrected chi connectivity index (χ2v) is 8.69. The van der Waals surface area contributed by atoms with Crippen LogP contribution in [0.1, 0.15) is 30.0 Å². The van der Waals surface area contributed by atoms with Gasteiger partial charge in [-0.25, -0.2) is 9.78 Å². The quantitative estimate of drug-likeness (QED) is 0.371. The molecule has 33 heavy (non-hydrogen) atoms. The van der Waals surface area contributed by atoms with Gasteiger partial charge in [-0.1, -0.05) is 13.0 Å². The summed E-state index contributed by atoms with van der Waals surface area (Å²) in [5.41, 5.74) is 8.25. The van der Waals surface area contributed by atoms with Crippen molar-refractivity contribution in [3.8, 4) is 11.4 Å². The van der Waals surface area contributed by atoms with Crippen LogP contribution in [0.15, 0.2) is 35.1 Å². The van der Waals surface area contributed by atoms with Crippen molar-refractivity contribution in [2.24, 2.45) is 0 Å². The maximum Gasteiger partial charge on any atom is 0.355 e. The molecule has 1 atom stereocenters. The summed E-state index contributed by atoms with van der Waals surface area (Å²) in [5.74, 6) is -1.25. The van der Waals surface area contributed by atoms with Crippen molar-refractivity contribution in [3.05, 3.63) is 57.4 Å². The number of cyclic esters (lactones) is 1. The van der Waals surface area contributed by atoms with Crippen LogP contribution in [0.3, 0.4) is 0 Å². The van der Waals surface area contributed by atoms with Crippen LogP contribution in [-0.2, 0) is 37.8 Å². The van der Waals surface area contributed by atoms with Crippen LogP contribution in [0.4, 0.5) is 5.69 Å². The van der Waals surface area contributed by atoms with Crippen LogP contribution >= 0.6 is 0 Å². The SMILES string of the molecule is CC[C@@]1(OC(=O)CN(C)C)C(=O)OCc2c1cc1n(c2=O)Cc2cc3c(N)cccc3nc2-1. The van der Waals surface area contributed by atoms with E-state index in [1.165, 1.54) is 0 Å². The van der Waals surface area contributed by atoms with Crippen LogP contribution < -0.4 is 11.3 Å². The number of anilines is 1. The van der Waals surface area contributed by atoms with Gasteiger partial charge in [0.25, 0.3) is 5.56 Å². The summed E-state index contributed by atoms with van der Waals surface area (Å²) in [5, 5.41) is 0.820.